The van der Waals surface area contributed by atoms with Crippen LogP contribution in [0, 0.1) is 6.92 Å². The number of alkyl halides is 3. The summed E-state index contributed by atoms with van der Waals surface area (Å²) in [6, 6.07) is 2.02. The van der Waals surface area contributed by atoms with Crippen molar-refractivity contribution >= 4 is 23.1 Å². The molecule has 0 fully saturated rings. The van der Waals surface area contributed by atoms with E-state index in [0.717, 1.165) is 17.7 Å². The molecule has 1 aliphatic rings. The zero-order chi connectivity index (χ0) is 19.3. The second-order valence-corrected chi connectivity index (χ2v) is 6.94. The van der Waals surface area contributed by atoms with E-state index in [9.17, 15) is 18.0 Å². The molecule has 0 saturated carbocycles. The molecule has 27 heavy (non-hydrogen) atoms. The minimum absolute atomic E-state index is 0.0849. The predicted molar refractivity (Wildman–Crippen MR) is 91.5 cm³/mol. The fraction of sp³-hybridized carbons (Fsp3) is 0.250. The highest BCUT2D eigenvalue weighted by Crippen LogP contribution is 2.42. The lowest BCUT2D eigenvalue weighted by molar-refractivity contribution is -0.0918. The predicted octanol–water partition coefficient (Wildman–Crippen LogP) is 3.10. The van der Waals surface area contributed by atoms with Gasteiger partial charge in [-0.3, -0.25) is 9.48 Å². The topological polar surface area (TPSA) is 77.6 Å². The van der Waals surface area contributed by atoms with Gasteiger partial charge in [0.2, 0.25) is 11.7 Å². The van der Waals surface area contributed by atoms with Gasteiger partial charge in [0.1, 0.15) is 18.1 Å². The second-order valence-electron chi connectivity index (χ2n) is 5.99. The lowest BCUT2D eigenvalue weighted by atomic mass is 9.92. The van der Waals surface area contributed by atoms with Crippen LogP contribution in [-0.2, 0) is 7.05 Å². The number of nitrogens with zero attached hydrogens (tertiary/aromatic N) is 5. The second kappa shape index (κ2) is 6.05. The molecule has 4 rings (SSSR count). The van der Waals surface area contributed by atoms with Crippen LogP contribution in [0.5, 0.6) is 0 Å². The van der Waals surface area contributed by atoms with E-state index in [0.29, 0.717) is 11.3 Å². The van der Waals surface area contributed by atoms with Crippen LogP contribution < -0.4 is 5.32 Å². The fourth-order valence-electron chi connectivity index (χ4n) is 3.14. The average molecular weight is 394 g/mol. The standard InChI is InChI=1S/C16H13F3N6OS/c1-8-9(6-24(2)23-8)12-11(13(26)10-4-3-5-27-10)14(16(17,18)19)22-15-20-7-21-25(12)15/h3-7,12H,1-2H3,(H,20,21,22). The number of ketones is 1. The highest BCUT2D eigenvalue weighted by Gasteiger charge is 2.46. The molecule has 140 valence electrons. The Kier molecular flexibility index (Phi) is 3.91. The van der Waals surface area contributed by atoms with Crippen molar-refractivity contribution in [1.82, 2.24) is 24.5 Å². The van der Waals surface area contributed by atoms with E-state index in [2.05, 4.69) is 20.5 Å². The molecule has 1 atom stereocenters. The Morgan fingerprint density at radius 2 is 2.15 bits per heavy atom. The Hall–Kier alpha value is -2.95. The summed E-state index contributed by atoms with van der Waals surface area (Å²) in [6.07, 6.45) is -2.03. The minimum Gasteiger partial charge on any atom is -0.320 e. The number of aryl methyl sites for hydroxylation is 2. The van der Waals surface area contributed by atoms with E-state index in [1.807, 2.05) is 0 Å². The van der Waals surface area contributed by atoms with Crippen LogP contribution in [0.1, 0.15) is 27.0 Å². The number of nitrogens with one attached hydrogen (secondary N) is 1. The number of fused-ring (bicyclic) bond motifs is 1. The van der Waals surface area contributed by atoms with Gasteiger partial charge in [-0.2, -0.15) is 28.4 Å². The monoisotopic (exact) mass is 394 g/mol. The summed E-state index contributed by atoms with van der Waals surface area (Å²) in [4.78, 5) is 17.1. The summed E-state index contributed by atoms with van der Waals surface area (Å²) in [5.74, 6) is -0.794. The first kappa shape index (κ1) is 17.5. The normalized spacial score (nSPS) is 17.0. The van der Waals surface area contributed by atoms with E-state index < -0.39 is 29.3 Å². The van der Waals surface area contributed by atoms with Crippen LogP contribution in [0.2, 0.25) is 0 Å². The maximum Gasteiger partial charge on any atom is 0.431 e. The molecule has 3 aromatic heterocycles. The number of anilines is 1. The number of aromatic nitrogens is 5. The molecule has 0 radical (unpaired) electrons. The highest BCUT2D eigenvalue weighted by molar-refractivity contribution is 7.12. The van der Waals surface area contributed by atoms with Gasteiger partial charge >= 0.3 is 6.18 Å². The molecule has 4 heterocycles. The summed E-state index contributed by atoms with van der Waals surface area (Å²) in [5, 5.41) is 12.1. The van der Waals surface area contributed by atoms with Crippen LogP contribution >= 0.6 is 11.3 Å². The number of Topliss-reactive ketones (excluding diaryl/α,β-unsaturated/α-hetero) is 1. The Bertz CT molecular complexity index is 1050. The summed E-state index contributed by atoms with van der Waals surface area (Å²) in [6.45, 7) is 1.68. The van der Waals surface area contributed by atoms with Crippen LogP contribution in [-0.4, -0.2) is 36.5 Å². The van der Waals surface area contributed by atoms with Crippen molar-refractivity contribution < 1.29 is 18.0 Å². The third kappa shape index (κ3) is 2.83. The molecule has 7 nitrogen and oxygen atoms in total. The SMILES string of the molecule is Cc1nn(C)cc1C1C(C(=O)c2cccs2)=C(C(F)(F)F)Nc2ncnn21. The molecular formula is C16H13F3N6OS. The summed E-state index contributed by atoms with van der Waals surface area (Å²) >= 11 is 1.08. The molecule has 0 spiro atoms. The van der Waals surface area contributed by atoms with Gasteiger partial charge in [0, 0.05) is 18.8 Å². The first-order chi connectivity index (χ1) is 12.8. The third-order valence-electron chi connectivity index (χ3n) is 4.22. The lowest BCUT2D eigenvalue weighted by Gasteiger charge is -2.30. The number of halogens is 3. The van der Waals surface area contributed by atoms with Gasteiger partial charge in [0.05, 0.1) is 16.1 Å². The van der Waals surface area contributed by atoms with Crippen molar-refractivity contribution in [1.29, 1.82) is 0 Å². The molecule has 0 bridgehead atoms. The first-order valence-electron chi connectivity index (χ1n) is 7.83. The van der Waals surface area contributed by atoms with Crippen LogP contribution in [0.4, 0.5) is 19.1 Å². The molecule has 1 N–H and O–H groups in total. The Morgan fingerprint density at radius 1 is 1.37 bits per heavy atom. The van der Waals surface area contributed by atoms with Crippen molar-refractivity contribution in [3.8, 4) is 0 Å². The minimum atomic E-state index is -4.77. The smallest absolute Gasteiger partial charge is 0.320 e. The number of hydrogen-bond acceptors (Lipinski definition) is 6. The quantitative estimate of drug-likeness (QED) is 0.691. The first-order valence-corrected chi connectivity index (χ1v) is 8.71. The van der Waals surface area contributed by atoms with E-state index in [1.54, 1.807) is 31.6 Å². The number of allylic oxidation sites excluding steroid dienone is 2. The largest absolute Gasteiger partial charge is 0.431 e. The van der Waals surface area contributed by atoms with Crippen LogP contribution in [0.25, 0.3) is 0 Å². The van der Waals surface area contributed by atoms with E-state index >= 15 is 0 Å². The Labute approximate surface area is 155 Å². The van der Waals surface area contributed by atoms with Gasteiger partial charge in [-0.1, -0.05) is 6.07 Å². The van der Waals surface area contributed by atoms with Crippen molar-refractivity contribution in [3.63, 3.8) is 0 Å². The van der Waals surface area contributed by atoms with E-state index in [1.165, 1.54) is 15.4 Å². The number of carbonyl (C=O) groups is 1. The van der Waals surface area contributed by atoms with Crippen molar-refractivity contribution in [2.45, 2.75) is 19.1 Å². The number of hydrogen-bond donors (Lipinski definition) is 1. The van der Waals surface area contributed by atoms with Crippen molar-refractivity contribution in [3.05, 3.63) is 57.4 Å². The fourth-order valence-corrected chi connectivity index (χ4v) is 3.82. The van der Waals surface area contributed by atoms with E-state index in [4.69, 9.17) is 0 Å². The van der Waals surface area contributed by atoms with Gasteiger partial charge in [-0.15, -0.1) is 11.3 Å². The molecule has 1 unspecified atom stereocenters. The van der Waals surface area contributed by atoms with Crippen molar-refractivity contribution in [2.24, 2.45) is 7.05 Å². The molecule has 0 saturated heterocycles. The summed E-state index contributed by atoms with van der Waals surface area (Å²) < 4.78 is 44.3. The molecule has 0 aromatic carbocycles. The zero-order valence-corrected chi connectivity index (χ0v) is 15.0. The van der Waals surface area contributed by atoms with Gasteiger partial charge in [-0.25, -0.2) is 4.68 Å². The number of rotatable bonds is 3. The van der Waals surface area contributed by atoms with Crippen LogP contribution in [0.15, 0.2) is 41.3 Å². The molecule has 1 aliphatic heterocycles. The van der Waals surface area contributed by atoms with Gasteiger partial charge in [0.25, 0.3) is 0 Å². The lowest BCUT2D eigenvalue weighted by Crippen LogP contribution is -2.35. The van der Waals surface area contributed by atoms with Crippen LogP contribution in [0.3, 0.4) is 0 Å². The Morgan fingerprint density at radius 3 is 2.74 bits per heavy atom. The highest BCUT2D eigenvalue weighted by atomic mass is 32.1. The van der Waals surface area contributed by atoms with Gasteiger partial charge in [-0.05, 0) is 18.4 Å². The number of thiophene rings is 1. The van der Waals surface area contributed by atoms with Gasteiger partial charge in [0.15, 0.2) is 0 Å². The Balaban J connectivity index is 2.01. The van der Waals surface area contributed by atoms with Gasteiger partial charge < -0.3 is 5.32 Å². The molecule has 11 heteroatoms. The molecular weight excluding hydrogens is 381 g/mol. The molecule has 3 aromatic rings. The summed E-state index contributed by atoms with van der Waals surface area (Å²) in [5.41, 5.74) is -0.607. The number of carbonyl (C=O) groups excluding carboxylic acids is 1. The summed E-state index contributed by atoms with van der Waals surface area (Å²) in [7, 11) is 1.66. The average Bonchev–Trinajstić information content (AvgIpc) is 3.32. The van der Waals surface area contributed by atoms with Crippen molar-refractivity contribution in [2.75, 3.05) is 5.32 Å². The third-order valence-corrected chi connectivity index (χ3v) is 5.08. The maximum atomic E-state index is 13.8. The maximum absolute atomic E-state index is 13.8. The zero-order valence-electron chi connectivity index (χ0n) is 14.2. The molecule has 0 amide bonds. The molecule has 0 aliphatic carbocycles. The van der Waals surface area contributed by atoms with E-state index in [-0.39, 0.29) is 10.8 Å².